The van der Waals surface area contributed by atoms with Crippen LogP contribution in [0, 0.1) is 6.92 Å². The zero-order valence-corrected chi connectivity index (χ0v) is 18.8. The molecule has 0 aliphatic rings. The van der Waals surface area contributed by atoms with Gasteiger partial charge in [-0.05, 0) is 75.6 Å². The second kappa shape index (κ2) is 17.3. The van der Waals surface area contributed by atoms with E-state index in [0.29, 0.717) is 6.42 Å². The van der Waals surface area contributed by atoms with Crippen LogP contribution in [-0.2, 0) is 4.79 Å². The van der Waals surface area contributed by atoms with E-state index >= 15 is 0 Å². The first kappa shape index (κ1) is 25.5. The lowest BCUT2D eigenvalue weighted by molar-refractivity contribution is -0.116. The predicted octanol–water partition coefficient (Wildman–Crippen LogP) is 7.78. The first-order valence-electron chi connectivity index (χ1n) is 11.3. The van der Waals surface area contributed by atoms with Crippen molar-refractivity contribution in [1.82, 2.24) is 0 Å². The number of unbranched alkanes of at least 4 members (excludes halogenated alkanes) is 4. The van der Waals surface area contributed by atoms with Crippen LogP contribution in [-0.4, -0.2) is 11.0 Å². The van der Waals surface area contributed by atoms with Crippen molar-refractivity contribution in [2.45, 2.75) is 78.1 Å². The van der Waals surface area contributed by atoms with Gasteiger partial charge < -0.3 is 10.4 Å². The summed E-state index contributed by atoms with van der Waals surface area (Å²) >= 11 is 0. The Labute approximate surface area is 183 Å². The van der Waals surface area contributed by atoms with Crippen LogP contribution < -0.4 is 5.32 Å². The molecule has 0 spiro atoms. The third-order valence-corrected chi connectivity index (χ3v) is 4.72. The molecule has 0 bridgehead atoms. The number of phenols is 1. The normalized spacial score (nSPS) is 12.1. The van der Waals surface area contributed by atoms with Gasteiger partial charge in [0.05, 0.1) is 0 Å². The molecule has 0 fully saturated rings. The highest BCUT2D eigenvalue weighted by atomic mass is 16.3. The van der Waals surface area contributed by atoms with Crippen LogP contribution in [0.1, 0.15) is 76.7 Å². The van der Waals surface area contributed by atoms with E-state index in [9.17, 15) is 9.90 Å². The van der Waals surface area contributed by atoms with Crippen molar-refractivity contribution in [3.05, 3.63) is 72.4 Å². The Hall–Kier alpha value is -2.55. The molecular weight excluding hydrogens is 370 g/mol. The quantitative estimate of drug-likeness (QED) is 0.176. The number of benzene rings is 1. The Morgan fingerprint density at radius 3 is 2.00 bits per heavy atom. The molecule has 0 saturated heterocycles. The lowest BCUT2D eigenvalue weighted by Crippen LogP contribution is -2.11. The van der Waals surface area contributed by atoms with E-state index in [1.54, 1.807) is 18.2 Å². The number of phenolic OH excluding ortho intramolecular Hbond substituents is 1. The lowest BCUT2D eigenvalue weighted by atomic mass is 10.1. The minimum atomic E-state index is 0.0136. The number of anilines is 1. The molecule has 1 amide bonds. The second-order valence-corrected chi connectivity index (χ2v) is 7.53. The molecule has 3 heteroatoms. The number of aromatic hydroxyl groups is 1. The summed E-state index contributed by atoms with van der Waals surface area (Å²) in [5.74, 6) is 0.228. The van der Waals surface area contributed by atoms with Gasteiger partial charge in [0.25, 0.3) is 0 Å². The van der Waals surface area contributed by atoms with Crippen LogP contribution in [0.3, 0.4) is 0 Å². The summed E-state index contributed by atoms with van der Waals surface area (Å²) in [6, 6.07) is 4.96. The highest BCUT2D eigenvalue weighted by Crippen LogP contribution is 2.20. The van der Waals surface area contributed by atoms with Gasteiger partial charge in [-0.1, -0.05) is 68.4 Å². The van der Waals surface area contributed by atoms with Crippen LogP contribution in [0.15, 0.2) is 66.8 Å². The minimum Gasteiger partial charge on any atom is -0.508 e. The SMILES string of the molecule is CCCCCC=CCC=CCC=CCC=CCCCC(=O)Nc1ccc(O)cc1C. The summed E-state index contributed by atoms with van der Waals surface area (Å²) in [4.78, 5) is 12.0. The van der Waals surface area contributed by atoms with Crippen molar-refractivity contribution >= 4 is 11.6 Å². The van der Waals surface area contributed by atoms with E-state index in [-0.39, 0.29) is 11.7 Å². The number of aryl methyl sites for hydroxylation is 1. The van der Waals surface area contributed by atoms with Gasteiger partial charge in [-0.2, -0.15) is 0 Å². The number of carbonyl (C=O) groups is 1. The van der Waals surface area contributed by atoms with Gasteiger partial charge in [-0.15, -0.1) is 0 Å². The Kier molecular flexibility index (Phi) is 14.7. The third-order valence-electron chi connectivity index (χ3n) is 4.72. The van der Waals surface area contributed by atoms with E-state index in [2.05, 4.69) is 60.8 Å². The molecule has 1 rings (SSSR count). The number of amides is 1. The van der Waals surface area contributed by atoms with Gasteiger partial charge >= 0.3 is 0 Å². The molecule has 0 radical (unpaired) electrons. The topological polar surface area (TPSA) is 49.3 Å². The molecule has 30 heavy (non-hydrogen) atoms. The standard InChI is InChI=1S/C27H39NO2/c1-3-4-5-6-7-8-9-10-11-12-13-14-15-16-17-18-19-20-27(30)28-26-22-21-25(29)23-24(26)2/h7-8,10-11,13-14,16-17,21-23,29H,3-6,9,12,15,18-20H2,1-2H3,(H,28,30). The molecule has 1 aromatic rings. The Morgan fingerprint density at radius 2 is 1.43 bits per heavy atom. The Bertz CT molecular complexity index is 714. The predicted molar refractivity (Wildman–Crippen MR) is 130 cm³/mol. The summed E-state index contributed by atoms with van der Waals surface area (Å²) in [5, 5.41) is 12.3. The van der Waals surface area contributed by atoms with Gasteiger partial charge in [-0.3, -0.25) is 4.79 Å². The van der Waals surface area contributed by atoms with E-state index < -0.39 is 0 Å². The van der Waals surface area contributed by atoms with Crippen LogP contribution in [0.2, 0.25) is 0 Å². The molecule has 0 aliphatic carbocycles. The van der Waals surface area contributed by atoms with Crippen LogP contribution in [0.25, 0.3) is 0 Å². The fraction of sp³-hybridized carbons (Fsp3) is 0.444. The van der Waals surface area contributed by atoms with Crippen molar-refractivity contribution in [3.8, 4) is 5.75 Å². The first-order valence-corrected chi connectivity index (χ1v) is 11.3. The van der Waals surface area contributed by atoms with Crippen LogP contribution >= 0.6 is 0 Å². The number of allylic oxidation sites excluding steroid dienone is 8. The van der Waals surface area contributed by atoms with Crippen LogP contribution in [0.5, 0.6) is 5.75 Å². The number of nitrogens with one attached hydrogen (secondary N) is 1. The number of hydrogen-bond acceptors (Lipinski definition) is 2. The fourth-order valence-electron chi connectivity index (χ4n) is 2.94. The van der Waals surface area contributed by atoms with E-state index in [0.717, 1.165) is 43.4 Å². The van der Waals surface area contributed by atoms with E-state index in [1.165, 1.54) is 25.7 Å². The maximum Gasteiger partial charge on any atom is 0.224 e. The maximum absolute atomic E-state index is 12.0. The van der Waals surface area contributed by atoms with Gasteiger partial charge in [0.1, 0.15) is 5.75 Å². The molecule has 3 nitrogen and oxygen atoms in total. The number of carbonyl (C=O) groups excluding carboxylic acids is 1. The summed E-state index contributed by atoms with van der Waals surface area (Å²) in [5.41, 5.74) is 1.62. The first-order chi connectivity index (χ1) is 14.6. The van der Waals surface area contributed by atoms with Crippen LogP contribution in [0.4, 0.5) is 5.69 Å². The molecule has 2 N–H and O–H groups in total. The molecule has 0 atom stereocenters. The smallest absolute Gasteiger partial charge is 0.224 e. The average molecular weight is 410 g/mol. The van der Waals surface area contributed by atoms with Crippen molar-refractivity contribution < 1.29 is 9.90 Å². The molecule has 0 heterocycles. The van der Waals surface area contributed by atoms with Gasteiger partial charge in [0.2, 0.25) is 5.91 Å². The Balaban J connectivity index is 2.03. The average Bonchev–Trinajstić information content (AvgIpc) is 2.72. The highest BCUT2D eigenvalue weighted by molar-refractivity contribution is 5.91. The number of rotatable bonds is 15. The summed E-state index contributed by atoms with van der Waals surface area (Å²) < 4.78 is 0. The summed E-state index contributed by atoms with van der Waals surface area (Å²) in [7, 11) is 0. The van der Waals surface area contributed by atoms with Crippen molar-refractivity contribution in [3.63, 3.8) is 0 Å². The maximum atomic E-state index is 12.0. The zero-order chi connectivity index (χ0) is 21.9. The van der Waals surface area contributed by atoms with Crippen molar-refractivity contribution in [2.75, 3.05) is 5.32 Å². The van der Waals surface area contributed by atoms with Crippen molar-refractivity contribution in [2.24, 2.45) is 0 Å². The van der Waals surface area contributed by atoms with E-state index in [4.69, 9.17) is 0 Å². The summed E-state index contributed by atoms with van der Waals surface area (Å²) in [6.45, 7) is 4.10. The number of hydrogen-bond donors (Lipinski definition) is 2. The monoisotopic (exact) mass is 409 g/mol. The van der Waals surface area contributed by atoms with Gasteiger partial charge in [0, 0.05) is 12.1 Å². The van der Waals surface area contributed by atoms with Gasteiger partial charge in [-0.25, -0.2) is 0 Å². The summed E-state index contributed by atoms with van der Waals surface area (Å²) in [6.07, 6.45) is 28.0. The molecule has 0 saturated carbocycles. The van der Waals surface area contributed by atoms with E-state index in [1.807, 2.05) is 6.92 Å². The molecule has 0 aromatic heterocycles. The fourth-order valence-corrected chi connectivity index (χ4v) is 2.94. The van der Waals surface area contributed by atoms with Gasteiger partial charge in [0.15, 0.2) is 0 Å². The lowest BCUT2D eigenvalue weighted by Gasteiger charge is -2.08. The molecular formula is C27H39NO2. The third kappa shape index (κ3) is 13.6. The largest absolute Gasteiger partial charge is 0.508 e. The second-order valence-electron chi connectivity index (χ2n) is 7.53. The molecule has 0 aliphatic heterocycles. The molecule has 1 aromatic carbocycles. The highest BCUT2D eigenvalue weighted by Gasteiger charge is 2.04. The molecule has 164 valence electrons. The molecule has 0 unspecified atom stereocenters. The minimum absolute atomic E-state index is 0.0136. The van der Waals surface area contributed by atoms with Crippen molar-refractivity contribution in [1.29, 1.82) is 0 Å². The zero-order valence-electron chi connectivity index (χ0n) is 18.8. The Morgan fingerprint density at radius 1 is 0.867 bits per heavy atom.